The summed E-state index contributed by atoms with van der Waals surface area (Å²) in [6, 6.07) is 13.7. The smallest absolute Gasteiger partial charge is 0.270 e. The third-order valence-electron chi connectivity index (χ3n) is 5.98. The molecule has 1 aliphatic rings. The molecule has 1 amide bonds. The van der Waals surface area contributed by atoms with Gasteiger partial charge in [-0.05, 0) is 24.3 Å². The molecule has 1 fully saturated rings. The summed E-state index contributed by atoms with van der Waals surface area (Å²) in [4.78, 5) is 17.4. The van der Waals surface area contributed by atoms with Crippen LogP contribution in [0.5, 0.6) is 5.75 Å². The van der Waals surface area contributed by atoms with Crippen molar-refractivity contribution in [2.75, 3.05) is 31.9 Å². The highest BCUT2D eigenvalue weighted by atomic mass is 32.2. The van der Waals surface area contributed by atoms with E-state index >= 15 is 0 Å². The predicted molar refractivity (Wildman–Crippen MR) is 123 cm³/mol. The Balaban J connectivity index is 1.38. The van der Waals surface area contributed by atoms with Crippen LogP contribution >= 0.6 is 0 Å². The third-order valence-corrected chi connectivity index (χ3v) is 7.92. The van der Waals surface area contributed by atoms with Crippen molar-refractivity contribution in [1.29, 1.82) is 0 Å². The zero-order chi connectivity index (χ0) is 23.3. The number of hydrogen-bond acceptors (Lipinski definition) is 5. The Morgan fingerprint density at radius 1 is 1.00 bits per heavy atom. The zero-order valence-corrected chi connectivity index (χ0v) is 18.3. The van der Waals surface area contributed by atoms with E-state index in [9.17, 15) is 22.7 Å². The van der Waals surface area contributed by atoms with E-state index < -0.39 is 10.0 Å². The fraction of sp³-hybridized carbons (Fsp3) is 0.174. The molecule has 0 atom stereocenters. The number of nitrogens with two attached hydrogens (primary N) is 1. The Labute approximate surface area is 189 Å². The Hall–Kier alpha value is -3.63. The second-order valence-electron chi connectivity index (χ2n) is 7.96. The van der Waals surface area contributed by atoms with E-state index in [2.05, 4.69) is 4.98 Å². The second-order valence-corrected chi connectivity index (χ2v) is 9.87. The van der Waals surface area contributed by atoms with Gasteiger partial charge in [-0.1, -0.05) is 24.3 Å². The minimum atomic E-state index is -3.94. The van der Waals surface area contributed by atoms with Gasteiger partial charge in [0.15, 0.2) is 0 Å². The standard InChI is InChI=1S/C23H21FN4O4S/c24-15-5-6-18-14(11-15)12-19(26-18)23(30)27-7-9-28(10-8-27)33(31,32)21-13-20(29)22(25)17-4-2-1-3-16(17)21/h1-6,11-13,26,29H,7-10,25H2. The van der Waals surface area contributed by atoms with Crippen LogP contribution in [-0.2, 0) is 10.0 Å². The molecule has 0 unspecified atom stereocenters. The summed E-state index contributed by atoms with van der Waals surface area (Å²) in [6.45, 7) is 0.589. The predicted octanol–water partition coefficient (Wildman–Crippen LogP) is 2.89. The molecule has 4 N–H and O–H groups in total. The summed E-state index contributed by atoms with van der Waals surface area (Å²) in [5.74, 6) is -0.962. The molecule has 3 aromatic carbocycles. The van der Waals surface area contributed by atoms with Crippen LogP contribution in [0.3, 0.4) is 0 Å². The molecule has 1 saturated heterocycles. The van der Waals surface area contributed by atoms with Crippen molar-refractivity contribution in [2.45, 2.75) is 4.90 Å². The molecule has 170 valence electrons. The Kier molecular flexibility index (Phi) is 4.98. The molecule has 0 saturated carbocycles. The number of carbonyl (C=O) groups is 1. The van der Waals surface area contributed by atoms with Gasteiger partial charge in [-0.15, -0.1) is 0 Å². The summed E-state index contributed by atoms with van der Waals surface area (Å²) in [7, 11) is -3.94. The maximum Gasteiger partial charge on any atom is 0.270 e. The maximum atomic E-state index is 13.4. The summed E-state index contributed by atoms with van der Waals surface area (Å²) in [5, 5.41) is 11.7. The number of anilines is 1. The van der Waals surface area contributed by atoms with Crippen molar-refractivity contribution in [3.63, 3.8) is 0 Å². The number of sulfonamides is 1. The van der Waals surface area contributed by atoms with E-state index in [0.29, 0.717) is 27.4 Å². The zero-order valence-electron chi connectivity index (χ0n) is 17.5. The van der Waals surface area contributed by atoms with Crippen molar-refractivity contribution < 1.29 is 22.7 Å². The van der Waals surface area contributed by atoms with Gasteiger partial charge in [0.2, 0.25) is 10.0 Å². The van der Waals surface area contributed by atoms with E-state index in [0.717, 1.165) is 0 Å². The number of aromatic hydroxyl groups is 1. The van der Waals surface area contributed by atoms with Crippen molar-refractivity contribution in [1.82, 2.24) is 14.2 Å². The highest BCUT2D eigenvalue weighted by Crippen LogP contribution is 2.36. The fourth-order valence-corrected chi connectivity index (χ4v) is 5.86. The summed E-state index contributed by atoms with van der Waals surface area (Å²) >= 11 is 0. The van der Waals surface area contributed by atoms with Crippen molar-refractivity contribution in [3.8, 4) is 5.75 Å². The quantitative estimate of drug-likeness (QED) is 0.316. The first-order valence-corrected chi connectivity index (χ1v) is 11.8. The van der Waals surface area contributed by atoms with Gasteiger partial charge in [-0.2, -0.15) is 4.31 Å². The largest absolute Gasteiger partial charge is 0.506 e. The molecule has 8 nitrogen and oxygen atoms in total. The number of phenols is 1. The molecular formula is C23H21FN4O4S. The number of piperazine rings is 1. The summed E-state index contributed by atoms with van der Waals surface area (Å²) in [6.07, 6.45) is 0. The highest BCUT2D eigenvalue weighted by Gasteiger charge is 2.32. The molecule has 0 spiro atoms. The Morgan fingerprint density at radius 2 is 1.70 bits per heavy atom. The average Bonchev–Trinajstić information content (AvgIpc) is 3.24. The SMILES string of the molecule is Nc1c(O)cc(S(=O)(=O)N2CCN(C(=O)c3cc4cc(F)ccc4[nH]3)CC2)c2ccccc12. The van der Waals surface area contributed by atoms with E-state index in [4.69, 9.17) is 5.73 Å². The summed E-state index contributed by atoms with van der Waals surface area (Å²) in [5.41, 5.74) is 7.02. The number of hydrogen-bond donors (Lipinski definition) is 3. The number of nitrogens with one attached hydrogen (secondary N) is 1. The number of amides is 1. The highest BCUT2D eigenvalue weighted by molar-refractivity contribution is 7.89. The van der Waals surface area contributed by atoms with Crippen molar-refractivity contribution in [2.24, 2.45) is 0 Å². The number of aromatic amines is 1. The number of H-pyrrole nitrogens is 1. The number of halogens is 1. The molecule has 1 aromatic heterocycles. The molecule has 0 radical (unpaired) electrons. The number of nitrogens with zero attached hydrogens (tertiary/aromatic N) is 2. The molecule has 33 heavy (non-hydrogen) atoms. The van der Waals surface area contributed by atoms with E-state index in [1.54, 1.807) is 41.3 Å². The minimum Gasteiger partial charge on any atom is -0.506 e. The van der Waals surface area contributed by atoms with Gasteiger partial charge in [-0.3, -0.25) is 4.79 Å². The first-order chi connectivity index (χ1) is 15.8. The van der Waals surface area contributed by atoms with E-state index in [1.807, 2.05) is 0 Å². The molecule has 0 bridgehead atoms. The van der Waals surface area contributed by atoms with E-state index in [1.165, 1.54) is 22.5 Å². The normalized spacial score (nSPS) is 15.4. The van der Waals surface area contributed by atoms with Crippen LogP contribution in [0.15, 0.2) is 59.5 Å². The molecule has 5 rings (SSSR count). The lowest BCUT2D eigenvalue weighted by Gasteiger charge is -2.34. The molecule has 0 aliphatic carbocycles. The lowest BCUT2D eigenvalue weighted by atomic mass is 10.1. The fourth-order valence-electron chi connectivity index (χ4n) is 4.22. The number of rotatable bonds is 3. The lowest BCUT2D eigenvalue weighted by Crippen LogP contribution is -2.50. The van der Waals surface area contributed by atoms with Gasteiger partial charge >= 0.3 is 0 Å². The number of fused-ring (bicyclic) bond motifs is 2. The number of benzene rings is 3. The van der Waals surface area contributed by atoms with Crippen LogP contribution in [-0.4, -0.2) is 59.8 Å². The van der Waals surface area contributed by atoms with Gasteiger partial charge in [0.1, 0.15) is 17.3 Å². The topological polar surface area (TPSA) is 120 Å². The van der Waals surface area contributed by atoms with Crippen LogP contribution in [0.2, 0.25) is 0 Å². The molecule has 2 heterocycles. The monoisotopic (exact) mass is 468 g/mol. The van der Waals surface area contributed by atoms with Gasteiger partial charge in [0.05, 0.1) is 10.6 Å². The van der Waals surface area contributed by atoms with Gasteiger partial charge in [0.25, 0.3) is 5.91 Å². The molecular weight excluding hydrogens is 447 g/mol. The Morgan fingerprint density at radius 3 is 2.42 bits per heavy atom. The maximum absolute atomic E-state index is 13.4. The van der Waals surface area contributed by atoms with Crippen molar-refractivity contribution >= 4 is 43.3 Å². The van der Waals surface area contributed by atoms with Crippen LogP contribution in [0.25, 0.3) is 21.7 Å². The van der Waals surface area contributed by atoms with Crippen molar-refractivity contribution in [3.05, 3.63) is 66.1 Å². The van der Waals surface area contributed by atoms with Gasteiger partial charge in [-0.25, -0.2) is 12.8 Å². The molecule has 1 aliphatic heterocycles. The molecule has 4 aromatic rings. The number of phenolic OH excluding ortho intramolecular Hbond substituents is 1. The summed E-state index contributed by atoms with van der Waals surface area (Å²) < 4.78 is 41.5. The van der Waals surface area contributed by atoms with Crippen LogP contribution < -0.4 is 5.73 Å². The first-order valence-electron chi connectivity index (χ1n) is 10.3. The van der Waals surface area contributed by atoms with Gasteiger partial charge < -0.3 is 20.7 Å². The van der Waals surface area contributed by atoms with Crippen LogP contribution in [0.4, 0.5) is 10.1 Å². The number of carbonyl (C=O) groups excluding carboxylic acids is 1. The average molecular weight is 469 g/mol. The number of nitrogen functional groups attached to an aromatic ring is 1. The third kappa shape index (κ3) is 3.57. The number of aromatic nitrogens is 1. The van der Waals surface area contributed by atoms with E-state index in [-0.39, 0.29) is 54.2 Å². The second kappa shape index (κ2) is 7.75. The van der Waals surface area contributed by atoms with Gasteiger partial charge in [0, 0.05) is 53.9 Å². The minimum absolute atomic E-state index is 0.0257. The molecule has 10 heteroatoms. The van der Waals surface area contributed by atoms with Crippen LogP contribution in [0, 0.1) is 5.82 Å². The lowest BCUT2D eigenvalue weighted by molar-refractivity contribution is 0.0693. The first kappa shape index (κ1) is 21.2. The Bertz CT molecular complexity index is 1510. The van der Waals surface area contributed by atoms with Crippen LogP contribution in [0.1, 0.15) is 10.5 Å².